The lowest BCUT2D eigenvalue weighted by Gasteiger charge is -2.20. The lowest BCUT2D eigenvalue weighted by Crippen LogP contribution is -2.16. The Labute approximate surface area is 187 Å². The molecule has 0 radical (unpaired) electrons. The smallest absolute Gasteiger partial charge is 0.337 e. The summed E-state index contributed by atoms with van der Waals surface area (Å²) < 4.78 is 4.74. The number of nitrogens with zero attached hydrogens (tertiary/aromatic N) is 2. The van der Waals surface area contributed by atoms with Crippen molar-refractivity contribution < 1.29 is 14.3 Å². The molecule has 0 unspecified atom stereocenters. The first kappa shape index (κ1) is 22.7. The first-order valence-corrected chi connectivity index (χ1v) is 10.1. The molecule has 0 aliphatic rings. The van der Waals surface area contributed by atoms with E-state index in [0.29, 0.717) is 22.4 Å². The van der Waals surface area contributed by atoms with Gasteiger partial charge >= 0.3 is 5.97 Å². The number of ether oxygens (including phenoxy) is 1. The van der Waals surface area contributed by atoms with Crippen molar-refractivity contribution >= 4 is 17.6 Å². The molecule has 3 rings (SSSR count). The van der Waals surface area contributed by atoms with Crippen molar-refractivity contribution in [3.63, 3.8) is 0 Å². The van der Waals surface area contributed by atoms with Crippen molar-refractivity contribution in [2.75, 3.05) is 12.4 Å². The maximum atomic E-state index is 12.9. The normalized spacial score (nSPS) is 10.9. The van der Waals surface area contributed by atoms with Crippen LogP contribution in [0.15, 0.2) is 54.7 Å². The Kier molecular flexibility index (Phi) is 6.40. The maximum Gasteiger partial charge on any atom is 0.337 e. The number of methoxy groups -OCH3 is 1. The molecule has 0 saturated heterocycles. The predicted octanol–water partition coefficient (Wildman–Crippen LogP) is 5.27. The average molecular weight is 428 g/mol. The van der Waals surface area contributed by atoms with Crippen molar-refractivity contribution in [3.8, 4) is 17.2 Å². The van der Waals surface area contributed by atoms with Crippen molar-refractivity contribution in [3.05, 3.63) is 82.7 Å². The van der Waals surface area contributed by atoms with E-state index in [0.717, 1.165) is 22.4 Å². The van der Waals surface area contributed by atoms with Gasteiger partial charge in [-0.15, -0.1) is 0 Å². The van der Waals surface area contributed by atoms with Gasteiger partial charge in [0.2, 0.25) is 0 Å². The van der Waals surface area contributed by atoms with Crippen LogP contribution in [0, 0.1) is 18.3 Å². The van der Waals surface area contributed by atoms with Gasteiger partial charge in [0, 0.05) is 16.8 Å². The number of rotatable bonds is 4. The second-order valence-corrected chi connectivity index (χ2v) is 8.54. The summed E-state index contributed by atoms with van der Waals surface area (Å²) in [6, 6.07) is 16.2. The fourth-order valence-corrected chi connectivity index (χ4v) is 3.26. The fourth-order valence-electron chi connectivity index (χ4n) is 3.26. The summed E-state index contributed by atoms with van der Waals surface area (Å²) in [7, 11) is 1.34. The summed E-state index contributed by atoms with van der Waals surface area (Å²) in [5.74, 6) is -0.716. The first-order valence-electron chi connectivity index (χ1n) is 10.1. The van der Waals surface area contributed by atoms with E-state index in [1.807, 2.05) is 52.0 Å². The zero-order valence-corrected chi connectivity index (χ0v) is 18.8. The van der Waals surface area contributed by atoms with E-state index < -0.39 is 5.97 Å². The van der Waals surface area contributed by atoms with Crippen molar-refractivity contribution in [2.45, 2.75) is 33.1 Å². The summed E-state index contributed by atoms with van der Waals surface area (Å²) in [5, 5.41) is 12.2. The zero-order valence-electron chi connectivity index (χ0n) is 18.8. The van der Waals surface area contributed by atoms with E-state index in [1.165, 1.54) is 7.11 Å². The van der Waals surface area contributed by atoms with Gasteiger partial charge in [0.15, 0.2) is 0 Å². The number of nitrogens with one attached hydrogen (secondary N) is 1. The number of aromatic nitrogens is 1. The average Bonchev–Trinajstić information content (AvgIpc) is 2.79. The van der Waals surface area contributed by atoms with Crippen LogP contribution in [0.25, 0.3) is 11.1 Å². The van der Waals surface area contributed by atoms with Gasteiger partial charge in [-0.3, -0.25) is 9.78 Å². The van der Waals surface area contributed by atoms with Crippen molar-refractivity contribution in [1.29, 1.82) is 5.26 Å². The van der Waals surface area contributed by atoms with Crippen LogP contribution in [0.3, 0.4) is 0 Å². The lowest BCUT2D eigenvalue weighted by atomic mass is 9.85. The van der Waals surface area contributed by atoms with Crippen molar-refractivity contribution in [1.82, 2.24) is 4.98 Å². The molecular weight excluding hydrogens is 402 g/mol. The predicted molar refractivity (Wildman–Crippen MR) is 124 cm³/mol. The summed E-state index contributed by atoms with van der Waals surface area (Å²) in [5.41, 5.74) is 5.04. The molecule has 1 heterocycles. The third kappa shape index (κ3) is 5.01. The van der Waals surface area contributed by atoms with Gasteiger partial charge in [-0.25, -0.2) is 4.79 Å². The van der Waals surface area contributed by atoms with Gasteiger partial charge in [-0.05, 0) is 59.9 Å². The first-order chi connectivity index (χ1) is 15.1. The molecular formula is C26H25N3O3. The Morgan fingerprint density at radius 3 is 2.31 bits per heavy atom. The zero-order chi connectivity index (χ0) is 23.5. The topological polar surface area (TPSA) is 92.1 Å². The summed E-state index contributed by atoms with van der Waals surface area (Å²) >= 11 is 0. The standard InChI is InChI=1S/C26H25N3O3/c1-16-23(18-6-8-19(9-7-18)25(31)32-5)13-22(15-28-16)29-24(30)20-10-17(14-27)11-21(12-20)26(2,3)4/h6-13,15H,1-5H3,(H,29,30). The highest BCUT2D eigenvalue weighted by Gasteiger charge is 2.18. The summed E-state index contributed by atoms with van der Waals surface area (Å²) in [4.78, 5) is 29.0. The molecule has 0 atom stereocenters. The van der Waals surface area contributed by atoms with Gasteiger partial charge < -0.3 is 10.1 Å². The molecule has 6 heteroatoms. The fraction of sp³-hybridized carbons (Fsp3) is 0.231. The minimum Gasteiger partial charge on any atom is -0.465 e. The lowest BCUT2D eigenvalue weighted by molar-refractivity contribution is 0.0600. The highest BCUT2D eigenvalue weighted by atomic mass is 16.5. The number of amides is 1. The molecule has 1 N–H and O–H groups in total. The van der Waals surface area contributed by atoms with Gasteiger partial charge in [-0.2, -0.15) is 5.26 Å². The molecule has 0 spiro atoms. The molecule has 3 aromatic rings. The number of aryl methyl sites for hydroxylation is 1. The van der Waals surface area contributed by atoms with E-state index in [-0.39, 0.29) is 11.3 Å². The Bertz CT molecular complexity index is 1220. The van der Waals surface area contributed by atoms with Crippen LogP contribution < -0.4 is 5.32 Å². The van der Waals surface area contributed by atoms with Gasteiger partial charge in [-0.1, -0.05) is 32.9 Å². The molecule has 1 amide bonds. The molecule has 0 fully saturated rings. The molecule has 2 aromatic carbocycles. The molecule has 0 bridgehead atoms. The number of carbonyl (C=O) groups excluding carboxylic acids is 2. The minimum absolute atomic E-state index is 0.198. The molecule has 32 heavy (non-hydrogen) atoms. The summed E-state index contributed by atoms with van der Waals surface area (Å²) in [6.45, 7) is 7.98. The van der Waals surface area contributed by atoms with Crippen LogP contribution in [0.1, 0.15) is 58.3 Å². The van der Waals surface area contributed by atoms with Crippen LogP contribution >= 0.6 is 0 Å². The molecule has 0 saturated carbocycles. The number of pyridine rings is 1. The van der Waals surface area contributed by atoms with E-state index >= 15 is 0 Å². The minimum atomic E-state index is -0.401. The Hall–Kier alpha value is -3.98. The maximum absolute atomic E-state index is 12.9. The van der Waals surface area contributed by atoms with E-state index in [9.17, 15) is 14.9 Å². The number of hydrogen-bond acceptors (Lipinski definition) is 5. The van der Waals surface area contributed by atoms with Crippen LogP contribution in [0.4, 0.5) is 5.69 Å². The second kappa shape index (κ2) is 9.03. The Morgan fingerprint density at radius 1 is 1.03 bits per heavy atom. The molecule has 0 aliphatic heterocycles. The Morgan fingerprint density at radius 2 is 1.72 bits per heavy atom. The SMILES string of the molecule is COC(=O)c1ccc(-c2cc(NC(=O)c3cc(C#N)cc(C(C)(C)C)c3)cnc2C)cc1. The highest BCUT2D eigenvalue weighted by Crippen LogP contribution is 2.27. The molecule has 162 valence electrons. The number of nitriles is 1. The monoisotopic (exact) mass is 427 g/mol. The van der Waals surface area contributed by atoms with Gasteiger partial charge in [0.1, 0.15) is 0 Å². The Balaban J connectivity index is 1.90. The number of hydrogen-bond donors (Lipinski definition) is 1. The van der Waals surface area contributed by atoms with Crippen LogP contribution in [0.2, 0.25) is 0 Å². The van der Waals surface area contributed by atoms with Crippen LogP contribution in [-0.2, 0) is 10.2 Å². The third-order valence-electron chi connectivity index (χ3n) is 5.15. The van der Waals surface area contributed by atoms with Crippen LogP contribution in [-0.4, -0.2) is 24.0 Å². The van der Waals surface area contributed by atoms with Crippen LogP contribution in [0.5, 0.6) is 0 Å². The highest BCUT2D eigenvalue weighted by molar-refractivity contribution is 6.05. The number of esters is 1. The quantitative estimate of drug-likeness (QED) is 0.573. The van der Waals surface area contributed by atoms with E-state index in [2.05, 4.69) is 16.4 Å². The molecule has 0 aliphatic carbocycles. The largest absolute Gasteiger partial charge is 0.465 e. The van der Waals surface area contributed by atoms with E-state index in [1.54, 1.807) is 30.5 Å². The molecule has 1 aromatic heterocycles. The number of benzene rings is 2. The molecule has 6 nitrogen and oxygen atoms in total. The van der Waals surface area contributed by atoms with E-state index in [4.69, 9.17) is 4.74 Å². The third-order valence-corrected chi connectivity index (χ3v) is 5.15. The second-order valence-electron chi connectivity index (χ2n) is 8.54. The summed E-state index contributed by atoms with van der Waals surface area (Å²) in [6.07, 6.45) is 1.60. The number of carbonyl (C=O) groups is 2. The number of anilines is 1. The van der Waals surface area contributed by atoms with Crippen molar-refractivity contribution in [2.24, 2.45) is 0 Å². The van der Waals surface area contributed by atoms with Gasteiger partial charge in [0.25, 0.3) is 5.91 Å². The van der Waals surface area contributed by atoms with Gasteiger partial charge in [0.05, 0.1) is 36.2 Å².